The summed E-state index contributed by atoms with van der Waals surface area (Å²) in [4.78, 5) is 29.6. The summed E-state index contributed by atoms with van der Waals surface area (Å²) in [6.07, 6.45) is 0.224. The Bertz CT molecular complexity index is 1530. The van der Waals surface area contributed by atoms with Crippen LogP contribution < -0.4 is 9.62 Å². The lowest BCUT2D eigenvalue weighted by molar-refractivity contribution is -0.140. The molecule has 0 saturated carbocycles. The number of anilines is 1. The second-order valence-corrected chi connectivity index (χ2v) is 14.1. The fourth-order valence-electron chi connectivity index (χ4n) is 4.50. The highest BCUT2D eigenvalue weighted by Gasteiger charge is 2.35. The SMILES string of the molecule is Cc1ccc(C)c(N(CC(=O)N(Cc2ccc(Cl)c(Cl)c2)C(Cc2ccccc2)C(=O)NCC(C)C)S(=O)(=O)N(C)C)c1. The van der Waals surface area contributed by atoms with E-state index in [2.05, 4.69) is 5.32 Å². The Morgan fingerprint density at radius 1 is 0.884 bits per heavy atom. The van der Waals surface area contributed by atoms with Gasteiger partial charge in [0.05, 0.1) is 15.7 Å². The monoisotopic (exact) mass is 646 g/mol. The van der Waals surface area contributed by atoms with E-state index in [0.29, 0.717) is 33.4 Å². The largest absolute Gasteiger partial charge is 0.354 e. The molecule has 1 N–H and O–H groups in total. The highest BCUT2D eigenvalue weighted by molar-refractivity contribution is 7.90. The van der Waals surface area contributed by atoms with E-state index in [0.717, 1.165) is 19.7 Å². The van der Waals surface area contributed by atoms with Crippen LogP contribution in [0.5, 0.6) is 0 Å². The van der Waals surface area contributed by atoms with Crippen LogP contribution in [0.15, 0.2) is 66.7 Å². The van der Waals surface area contributed by atoms with E-state index in [1.807, 2.05) is 63.2 Å². The van der Waals surface area contributed by atoms with Gasteiger partial charge in [0.1, 0.15) is 12.6 Å². The number of halogens is 2. The Morgan fingerprint density at radius 3 is 2.16 bits per heavy atom. The molecule has 232 valence electrons. The second kappa shape index (κ2) is 15.1. The van der Waals surface area contributed by atoms with Crippen LogP contribution in [0.1, 0.15) is 36.1 Å². The summed E-state index contributed by atoms with van der Waals surface area (Å²) in [5.74, 6) is -0.691. The van der Waals surface area contributed by atoms with E-state index in [-0.39, 0.29) is 24.8 Å². The van der Waals surface area contributed by atoms with Crippen molar-refractivity contribution >= 4 is 50.9 Å². The molecule has 0 aliphatic carbocycles. The molecule has 43 heavy (non-hydrogen) atoms. The average molecular weight is 648 g/mol. The molecule has 0 spiro atoms. The lowest BCUT2D eigenvalue weighted by atomic mass is 10.0. The molecule has 0 fully saturated rings. The molecular formula is C32H40Cl2N4O4S. The lowest BCUT2D eigenvalue weighted by Crippen LogP contribution is -2.54. The van der Waals surface area contributed by atoms with E-state index < -0.39 is 28.7 Å². The Morgan fingerprint density at radius 2 is 1.56 bits per heavy atom. The van der Waals surface area contributed by atoms with Crippen LogP contribution in [0.3, 0.4) is 0 Å². The normalized spacial score (nSPS) is 12.3. The van der Waals surface area contributed by atoms with Crippen LogP contribution in [0, 0.1) is 19.8 Å². The number of aryl methyl sites for hydroxylation is 2. The molecular weight excluding hydrogens is 607 g/mol. The van der Waals surface area contributed by atoms with Crippen LogP contribution in [0.4, 0.5) is 5.69 Å². The van der Waals surface area contributed by atoms with Crippen LogP contribution in [-0.2, 0) is 32.8 Å². The average Bonchev–Trinajstić information content (AvgIpc) is 2.95. The van der Waals surface area contributed by atoms with Crippen LogP contribution in [-0.4, -0.2) is 62.7 Å². The molecule has 0 saturated heterocycles. The molecule has 3 aromatic rings. The topological polar surface area (TPSA) is 90.0 Å². The number of rotatable bonds is 13. The summed E-state index contributed by atoms with van der Waals surface area (Å²) in [6.45, 7) is 7.53. The minimum Gasteiger partial charge on any atom is -0.354 e. The van der Waals surface area contributed by atoms with Crippen molar-refractivity contribution in [3.05, 3.63) is 99.0 Å². The van der Waals surface area contributed by atoms with E-state index >= 15 is 0 Å². The third-order valence-electron chi connectivity index (χ3n) is 6.94. The molecule has 0 aromatic heterocycles. The van der Waals surface area contributed by atoms with Gasteiger partial charge in [0.15, 0.2) is 0 Å². The number of nitrogens with one attached hydrogen (secondary N) is 1. The number of amides is 2. The predicted molar refractivity (Wildman–Crippen MR) is 175 cm³/mol. The summed E-state index contributed by atoms with van der Waals surface area (Å²) < 4.78 is 29.4. The number of nitrogens with zero attached hydrogens (tertiary/aromatic N) is 3. The molecule has 3 rings (SSSR count). The number of carbonyl (C=O) groups is 2. The summed E-state index contributed by atoms with van der Waals surface area (Å²) in [7, 11) is -1.25. The maximum atomic E-state index is 14.4. The first-order chi connectivity index (χ1) is 20.2. The fourth-order valence-corrected chi connectivity index (χ4v) is 5.93. The molecule has 2 amide bonds. The highest BCUT2D eigenvalue weighted by atomic mass is 35.5. The fraction of sp³-hybridized carbons (Fsp3) is 0.375. The number of carbonyl (C=O) groups excluding carboxylic acids is 2. The van der Waals surface area contributed by atoms with E-state index in [1.165, 1.54) is 19.0 Å². The second-order valence-electron chi connectivity index (χ2n) is 11.2. The van der Waals surface area contributed by atoms with Crippen LogP contribution >= 0.6 is 23.2 Å². The maximum Gasteiger partial charge on any atom is 0.304 e. The molecule has 0 radical (unpaired) electrons. The van der Waals surface area contributed by atoms with E-state index in [9.17, 15) is 18.0 Å². The molecule has 0 aliphatic heterocycles. The molecule has 1 unspecified atom stereocenters. The van der Waals surface area contributed by atoms with Gasteiger partial charge in [-0.15, -0.1) is 0 Å². The van der Waals surface area contributed by atoms with Gasteiger partial charge in [-0.1, -0.05) is 85.6 Å². The Hall–Kier alpha value is -3.11. The molecule has 11 heteroatoms. The Kier molecular flexibility index (Phi) is 12.0. The third kappa shape index (κ3) is 9.19. The van der Waals surface area contributed by atoms with Gasteiger partial charge in [-0.25, -0.2) is 4.31 Å². The molecule has 8 nitrogen and oxygen atoms in total. The Balaban J connectivity index is 2.14. The molecule has 0 aliphatic rings. The summed E-state index contributed by atoms with van der Waals surface area (Å²) in [6, 6.07) is 18.9. The number of hydrogen-bond acceptors (Lipinski definition) is 4. The Labute approximate surface area is 265 Å². The predicted octanol–water partition coefficient (Wildman–Crippen LogP) is 5.64. The van der Waals surface area contributed by atoms with Gasteiger partial charge in [0, 0.05) is 33.6 Å². The van der Waals surface area contributed by atoms with Crippen LogP contribution in [0.2, 0.25) is 10.0 Å². The zero-order valence-corrected chi connectivity index (χ0v) is 27.8. The zero-order chi connectivity index (χ0) is 31.9. The van der Waals surface area contributed by atoms with Crippen LogP contribution in [0.25, 0.3) is 0 Å². The number of hydrogen-bond donors (Lipinski definition) is 1. The van der Waals surface area contributed by atoms with E-state index in [4.69, 9.17) is 23.2 Å². The maximum absolute atomic E-state index is 14.4. The minimum absolute atomic E-state index is 0.00493. The molecule has 0 heterocycles. The third-order valence-corrected chi connectivity index (χ3v) is 9.49. The van der Waals surface area contributed by atoms with Crippen molar-refractivity contribution in [2.45, 2.75) is 46.7 Å². The van der Waals surface area contributed by atoms with Crippen molar-refractivity contribution in [2.24, 2.45) is 5.92 Å². The first-order valence-corrected chi connectivity index (χ1v) is 16.2. The first kappa shape index (κ1) is 34.4. The van der Waals surface area contributed by atoms with Gasteiger partial charge >= 0.3 is 10.2 Å². The van der Waals surface area contributed by atoms with Gasteiger partial charge in [0.2, 0.25) is 11.8 Å². The smallest absolute Gasteiger partial charge is 0.304 e. The standard InChI is InChI=1S/C32H40Cl2N4O4S/c1-22(2)19-35-32(40)30(18-25-10-8-7-9-11-25)37(20-26-14-15-27(33)28(34)17-26)31(39)21-38(43(41,42)36(5)6)29-16-23(3)12-13-24(29)4/h7-17,22,30H,18-21H2,1-6H3,(H,35,40). The first-order valence-electron chi connectivity index (χ1n) is 14.0. The van der Waals surface area contributed by atoms with Gasteiger partial charge in [0.25, 0.3) is 0 Å². The zero-order valence-electron chi connectivity index (χ0n) is 25.5. The molecule has 3 aromatic carbocycles. The van der Waals surface area contributed by atoms with Crippen molar-refractivity contribution < 1.29 is 18.0 Å². The summed E-state index contributed by atoms with van der Waals surface area (Å²) in [5.41, 5.74) is 3.42. The quantitative estimate of drug-likeness (QED) is 0.260. The van der Waals surface area contributed by atoms with Crippen molar-refractivity contribution in [2.75, 3.05) is 31.5 Å². The van der Waals surface area contributed by atoms with Crippen molar-refractivity contribution in [1.29, 1.82) is 0 Å². The van der Waals surface area contributed by atoms with Gasteiger partial charge in [-0.05, 0) is 60.2 Å². The summed E-state index contributed by atoms with van der Waals surface area (Å²) in [5, 5.41) is 3.64. The molecule has 0 bridgehead atoms. The number of benzene rings is 3. The lowest BCUT2D eigenvalue weighted by Gasteiger charge is -2.35. The van der Waals surface area contributed by atoms with Gasteiger partial charge < -0.3 is 10.2 Å². The highest BCUT2D eigenvalue weighted by Crippen LogP contribution is 2.27. The van der Waals surface area contributed by atoms with Crippen molar-refractivity contribution in [3.8, 4) is 0 Å². The van der Waals surface area contributed by atoms with E-state index in [1.54, 1.807) is 31.2 Å². The van der Waals surface area contributed by atoms with Gasteiger partial charge in [-0.3, -0.25) is 9.59 Å². The summed E-state index contributed by atoms with van der Waals surface area (Å²) >= 11 is 12.5. The molecule has 1 atom stereocenters. The minimum atomic E-state index is -4.09. The van der Waals surface area contributed by atoms with Gasteiger partial charge in [-0.2, -0.15) is 12.7 Å². The van der Waals surface area contributed by atoms with Crippen molar-refractivity contribution in [1.82, 2.24) is 14.5 Å². The van der Waals surface area contributed by atoms with Crippen molar-refractivity contribution in [3.63, 3.8) is 0 Å².